The van der Waals surface area contributed by atoms with E-state index >= 15 is 0 Å². The van der Waals surface area contributed by atoms with Gasteiger partial charge < -0.3 is 19.6 Å². The van der Waals surface area contributed by atoms with Crippen molar-refractivity contribution in [2.45, 2.75) is 25.3 Å². The number of nitrogens with zero attached hydrogens (tertiary/aromatic N) is 1. The molecular weight excluding hydrogens is 546 g/mol. The van der Waals surface area contributed by atoms with Crippen molar-refractivity contribution in [1.29, 1.82) is 0 Å². The molecule has 4 aromatic rings. The quantitative estimate of drug-likeness (QED) is 0.240. The molecule has 0 saturated heterocycles. The van der Waals surface area contributed by atoms with Crippen molar-refractivity contribution in [1.82, 2.24) is 15.4 Å². The Bertz CT molecular complexity index is 1720. The minimum Gasteiger partial charge on any atom is -0.493 e. The molecule has 3 aromatic carbocycles. The highest BCUT2D eigenvalue weighted by atomic mass is 35.5. The molecule has 41 heavy (non-hydrogen) atoms. The van der Waals surface area contributed by atoms with Crippen molar-refractivity contribution >= 4 is 40.1 Å². The molecule has 0 radical (unpaired) electrons. The van der Waals surface area contributed by atoms with Gasteiger partial charge >= 0.3 is 5.97 Å². The monoisotopic (exact) mass is 573 g/mol. The number of nitrogens with one attached hydrogen (secondary N) is 2. The first-order valence-corrected chi connectivity index (χ1v) is 13.3. The molecule has 0 saturated carbocycles. The summed E-state index contributed by atoms with van der Waals surface area (Å²) in [5.41, 5.74) is 6.39. The number of hydrazine groups is 1. The van der Waals surface area contributed by atoms with Crippen LogP contribution >= 0.6 is 11.6 Å². The number of benzene rings is 3. The van der Waals surface area contributed by atoms with E-state index in [1.165, 1.54) is 19.2 Å². The minimum atomic E-state index is -0.976. The van der Waals surface area contributed by atoms with Crippen LogP contribution in [0.25, 0.3) is 27.7 Å². The van der Waals surface area contributed by atoms with Crippen LogP contribution in [-0.4, -0.2) is 41.2 Å². The van der Waals surface area contributed by atoms with E-state index in [1.807, 2.05) is 42.5 Å². The van der Waals surface area contributed by atoms with Crippen LogP contribution in [0.15, 0.2) is 77.6 Å². The fraction of sp³-hybridized carbons (Fsp3) is 0.194. The van der Waals surface area contributed by atoms with E-state index in [1.54, 1.807) is 30.3 Å². The summed E-state index contributed by atoms with van der Waals surface area (Å²) in [5, 5.41) is 11.8. The molecule has 10 heteroatoms. The van der Waals surface area contributed by atoms with Crippen LogP contribution in [-0.2, 0) is 9.59 Å². The minimum absolute atomic E-state index is 0.000558. The van der Waals surface area contributed by atoms with E-state index in [0.29, 0.717) is 44.4 Å². The third-order valence-corrected chi connectivity index (χ3v) is 7.19. The lowest BCUT2D eigenvalue weighted by Gasteiger charge is -2.26. The Kier molecular flexibility index (Phi) is 7.98. The zero-order valence-electron chi connectivity index (χ0n) is 22.4. The van der Waals surface area contributed by atoms with Crippen LogP contribution in [0.4, 0.5) is 0 Å². The Labute approximate surface area is 240 Å². The molecule has 210 valence electrons. The molecule has 1 aromatic heterocycles. The van der Waals surface area contributed by atoms with Crippen molar-refractivity contribution < 1.29 is 24.2 Å². The standard InChI is InChI=1S/C31H28ClN3O6/c1-40-25-14-11-19(15-26(25)41-2)24-17-23(34-35(24)27(36)9-6-10-28(37)38)30-29(18-7-4-3-5-8-18)21-16-20(32)12-13-22(21)33-31(30)39/h3-5,7-8,11-17,24,34H,6,9-10H2,1-2H3,(H,33,39)(H,37,38)/t24-/m1/s1. The smallest absolute Gasteiger partial charge is 0.303 e. The predicted molar refractivity (Wildman–Crippen MR) is 157 cm³/mol. The number of aliphatic carboxylic acids is 1. The van der Waals surface area contributed by atoms with Gasteiger partial charge in [0.1, 0.15) is 0 Å². The third kappa shape index (κ3) is 5.62. The fourth-order valence-electron chi connectivity index (χ4n) is 5.05. The molecule has 1 atom stereocenters. The molecule has 0 spiro atoms. The van der Waals surface area contributed by atoms with Gasteiger partial charge in [-0.05, 0) is 54.0 Å². The number of halogens is 1. The van der Waals surface area contributed by atoms with Crippen LogP contribution < -0.4 is 20.5 Å². The number of fused-ring (bicyclic) bond motifs is 1. The second kappa shape index (κ2) is 11.8. The number of H-pyrrole nitrogens is 1. The van der Waals surface area contributed by atoms with E-state index < -0.39 is 12.0 Å². The number of hydrogen-bond acceptors (Lipinski definition) is 6. The van der Waals surface area contributed by atoms with E-state index in [2.05, 4.69) is 10.4 Å². The number of carboxylic acids is 1. The predicted octanol–water partition coefficient (Wildman–Crippen LogP) is 5.55. The second-order valence-electron chi connectivity index (χ2n) is 9.52. The maximum atomic E-state index is 13.7. The number of pyridine rings is 1. The van der Waals surface area contributed by atoms with E-state index in [-0.39, 0.29) is 30.7 Å². The summed E-state index contributed by atoms with van der Waals surface area (Å²) in [6.45, 7) is 0. The Hall–Kier alpha value is -4.76. The van der Waals surface area contributed by atoms with Crippen LogP contribution in [0.2, 0.25) is 5.02 Å². The Morgan fingerprint density at radius 3 is 2.41 bits per heavy atom. The van der Waals surface area contributed by atoms with Crippen molar-refractivity contribution in [3.8, 4) is 22.6 Å². The average Bonchev–Trinajstić information content (AvgIpc) is 3.41. The summed E-state index contributed by atoms with van der Waals surface area (Å²) in [7, 11) is 3.06. The number of carbonyl (C=O) groups excluding carboxylic acids is 1. The van der Waals surface area contributed by atoms with Gasteiger partial charge in [0.05, 0.1) is 31.5 Å². The number of ether oxygens (including phenoxy) is 2. The van der Waals surface area contributed by atoms with Gasteiger partial charge in [0.15, 0.2) is 11.5 Å². The van der Waals surface area contributed by atoms with Crippen LogP contribution in [0.1, 0.15) is 36.4 Å². The molecule has 0 fully saturated rings. The van der Waals surface area contributed by atoms with E-state index in [4.69, 9.17) is 26.2 Å². The Morgan fingerprint density at radius 2 is 1.71 bits per heavy atom. The fourth-order valence-corrected chi connectivity index (χ4v) is 5.22. The summed E-state index contributed by atoms with van der Waals surface area (Å²) in [6, 6.07) is 19.5. The molecule has 0 aliphatic carbocycles. The van der Waals surface area contributed by atoms with Crippen molar-refractivity contribution in [2.24, 2.45) is 0 Å². The molecule has 1 aliphatic rings. The van der Waals surface area contributed by atoms with Crippen molar-refractivity contribution in [3.63, 3.8) is 0 Å². The number of methoxy groups -OCH3 is 2. The normalized spacial score (nSPS) is 14.5. The first-order chi connectivity index (χ1) is 19.8. The summed E-state index contributed by atoms with van der Waals surface area (Å²) in [6.07, 6.45) is 1.85. The largest absolute Gasteiger partial charge is 0.493 e. The third-order valence-electron chi connectivity index (χ3n) is 6.95. The molecule has 3 N–H and O–H groups in total. The highest BCUT2D eigenvalue weighted by Gasteiger charge is 2.33. The highest BCUT2D eigenvalue weighted by molar-refractivity contribution is 6.31. The topological polar surface area (TPSA) is 121 Å². The van der Waals surface area contributed by atoms with Gasteiger partial charge in [0.2, 0.25) is 5.91 Å². The summed E-state index contributed by atoms with van der Waals surface area (Å²) in [4.78, 5) is 41.1. The molecule has 0 bridgehead atoms. The summed E-state index contributed by atoms with van der Waals surface area (Å²) in [5.74, 6) is -0.289. The Balaban J connectivity index is 1.68. The molecular formula is C31H28ClN3O6. The van der Waals surface area contributed by atoms with Gasteiger partial charge in [0.25, 0.3) is 5.56 Å². The zero-order valence-corrected chi connectivity index (χ0v) is 23.2. The maximum Gasteiger partial charge on any atom is 0.303 e. The lowest BCUT2D eigenvalue weighted by Crippen LogP contribution is -2.40. The van der Waals surface area contributed by atoms with Crippen LogP contribution in [0.3, 0.4) is 0 Å². The van der Waals surface area contributed by atoms with Gasteiger partial charge in [-0.25, -0.2) is 5.01 Å². The number of carbonyl (C=O) groups is 2. The number of carboxylic acid groups (broad SMARTS) is 1. The first kappa shape index (κ1) is 27.8. The SMILES string of the molecule is COc1ccc([C@H]2C=C(c3c(-c4ccccc4)c4cc(Cl)ccc4[nH]c3=O)NN2C(=O)CCCC(=O)O)cc1OC. The van der Waals surface area contributed by atoms with Crippen LogP contribution in [0, 0.1) is 0 Å². The summed E-state index contributed by atoms with van der Waals surface area (Å²) < 4.78 is 10.9. The van der Waals surface area contributed by atoms with Gasteiger partial charge in [-0.3, -0.25) is 19.8 Å². The number of aromatic nitrogens is 1. The van der Waals surface area contributed by atoms with Gasteiger partial charge in [0, 0.05) is 34.3 Å². The number of amides is 1. The molecule has 0 unspecified atom stereocenters. The number of hydrogen-bond donors (Lipinski definition) is 3. The van der Waals surface area contributed by atoms with Crippen LogP contribution in [0.5, 0.6) is 11.5 Å². The van der Waals surface area contributed by atoms with Gasteiger partial charge in [-0.2, -0.15) is 0 Å². The number of aromatic amines is 1. The Morgan fingerprint density at radius 1 is 0.951 bits per heavy atom. The lowest BCUT2D eigenvalue weighted by molar-refractivity contribution is -0.137. The van der Waals surface area contributed by atoms with E-state index in [9.17, 15) is 14.4 Å². The average molecular weight is 574 g/mol. The lowest BCUT2D eigenvalue weighted by atomic mass is 9.94. The first-order valence-electron chi connectivity index (χ1n) is 13.0. The molecule has 1 aliphatic heterocycles. The maximum absolute atomic E-state index is 13.7. The molecule has 2 heterocycles. The molecule has 5 rings (SSSR count). The second-order valence-corrected chi connectivity index (χ2v) is 9.96. The van der Waals surface area contributed by atoms with Crippen molar-refractivity contribution in [3.05, 3.63) is 99.3 Å². The zero-order chi connectivity index (χ0) is 29.1. The van der Waals surface area contributed by atoms with Gasteiger partial charge in [-0.15, -0.1) is 0 Å². The molecule has 9 nitrogen and oxygen atoms in total. The number of rotatable bonds is 9. The highest BCUT2D eigenvalue weighted by Crippen LogP contribution is 2.39. The molecule has 1 amide bonds. The van der Waals surface area contributed by atoms with Crippen molar-refractivity contribution in [2.75, 3.05) is 14.2 Å². The van der Waals surface area contributed by atoms with Gasteiger partial charge in [-0.1, -0.05) is 48.0 Å². The van der Waals surface area contributed by atoms with E-state index in [0.717, 1.165) is 10.9 Å². The summed E-state index contributed by atoms with van der Waals surface area (Å²) >= 11 is 6.38.